The van der Waals surface area contributed by atoms with Crippen LogP contribution in [0.2, 0.25) is 0 Å². The highest BCUT2D eigenvalue weighted by Crippen LogP contribution is 2.26. The maximum Gasteiger partial charge on any atom is 0.0669 e. The van der Waals surface area contributed by atoms with E-state index >= 15 is 0 Å². The van der Waals surface area contributed by atoms with Gasteiger partial charge in [-0.05, 0) is 19.3 Å². The Labute approximate surface area is 69.2 Å². The van der Waals surface area contributed by atoms with Crippen LogP contribution in [0.5, 0.6) is 0 Å². The summed E-state index contributed by atoms with van der Waals surface area (Å²) in [5.41, 5.74) is -0.719. The summed E-state index contributed by atoms with van der Waals surface area (Å²) in [6.45, 7) is 7.83. The van der Waals surface area contributed by atoms with Crippen LogP contribution in [0.3, 0.4) is 0 Å². The molecule has 0 bridgehead atoms. The first-order valence-corrected chi connectivity index (χ1v) is 4.29. The van der Waals surface area contributed by atoms with Gasteiger partial charge in [-0.3, -0.25) is 0 Å². The van der Waals surface area contributed by atoms with Crippen molar-refractivity contribution in [2.45, 2.75) is 39.7 Å². The van der Waals surface area contributed by atoms with Gasteiger partial charge in [0.25, 0.3) is 0 Å². The van der Waals surface area contributed by atoms with Crippen LogP contribution in [0, 0.1) is 11.8 Å². The highest BCUT2D eigenvalue weighted by Gasteiger charge is 2.31. The average Bonchev–Trinajstić information content (AvgIpc) is 1.88. The van der Waals surface area contributed by atoms with Crippen molar-refractivity contribution in [3.05, 3.63) is 0 Å². The van der Waals surface area contributed by atoms with Crippen LogP contribution in [-0.2, 0) is 0 Å². The monoisotopic (exact) mass is 160 g/mol. The largest absolute Gasteiger partial charge is 0.396 e. The van der Waals surface area contributed by atoms with Crippen LogP contribution in [0.4, 0.5) is 0 Å². The molecule has 0 rings (SSSR count). The second-order valence-corrected chi connectivity index (χ2v) is 3.74. The van der Waals surface area contributed by atoms with E-state index in [-0.39, 0.29) is 12.5 Å². The molecule has 0 radical (unpaired) electrons. The topological polar surface area (TPSA) is 40.5 Å². The Kier molecular flexibility index (Phi) is 4.04. The van der Waals surface area contributed by atoms with E-state index < -0.39 is 5.60 Å². The highest BCUT2D eigenvalue weighted by molar-refractivity contribution is 4.82. The summed E-state index contributed by atoms with van der Waals surface area (Å²) in [6.07, 6.45) is 0.691. The molecule has 0 aliphatic rings. The van der Waals surface area contributed by atoms with Crippen molar-refractivity contribution in [1.82, 2.24) is 0 Å². The summed E-state index contributed by atoms with van der Waals surface area (Å²) < 4.78 is 0. The zero-order valence-electron chi connectivity index (χ0n) is 7.96. The Balaban J connectivity index is 4.23. The van der Waals surface area contributed by atoms with Gasteiger partial charge in [0.15, 0.2) is 0 Å². The zero-order valence-corrected chi connectivity index (χ0v) is 7.96. The quantitative estimate of drug-likeness (QED) is 0.653. The Morgan fingerprint density at radius 1 is 1.36 bits per heavy atom. The predicted octanol–water partition coefficient (Wildman–Crippen LogP) is 1.41. The van der Waals surface area contributed by atoms with Crippen LogP contribution < -0.4 is 0 Å². The van der Waals surface area contributed by atoms with Gasteiger partial charge in [-0.15, -0.1) is 0 Å². The molecule has 0 aromatic rings. The van der Waals surface area contributed by atoms with E-state index in [2.05, 4.69) is 0 Å². The van der Waals surface area contributed by atoms with Crippen molar-refractivity contribution < 1.29 is 10.2 Å². The average molecular weight is 160 g/mol. The summed E-state index contributed by atoms with van der Waals surface area (Å²) in [5.74, 6) is 0.322. The molecule has 11 heavy (non-hydrogen) atoms. The third-order valence-corrected chi connectivity index (χ3v) is 2.52. The molecule has 2 N–H and O–H groups in total. The Morgan fingerprint density at radius 2 is 1.82 bits per heavy atom. The number of aliphatic hydroxyl groups excluding tert-OH is 1. The van der Waals surface area contributed by atoms with Gasteiger partial charge in [-0.1, -0.05) is 20.8 Å². The Hall–Kier alpha value is -0.0800. The fourth-order valence-electron chi connectivity index (χ4n) is 1.39. The van der Waals surface area contributed by atoms with Crippen molar-refractivity contribution in [2.75, 3.05) is 6.61 Å². The molecular weight excluding hydrogens is 140 g/mol. The van der Waals surface area contributed by atoms with Gasteiger partial charge in [0.2, 0.25) is 0 Å². The first kappa shape index (κ1) is 10.9. The number of hydrogen-bond donors (Lipinski definition) is 2. The third-order valence-electron chi connectivity index (χ3n) is 2.52. The second-order valence-electron chi connectivity index (χ2n) is 3.74. The third kappa shape index (κ3) is 2.80. The molecule has 0 spiro atoms. The molecule has 2 heteroatoms. The SMILES string of the molecule is CCC(C)(O)C(CO)C(C)C. The smallest absolute Gasteiger partial charge is 0.0669 e. The molecular formula is C9H20O2. The van der Waals surface area contributed by atoms with Gasteiger partial charge in [0.05, 0.1) is 5.60 Å². The van der Waals surface area contributed by atoms with Crippen LogP contribution in [-0.4, -0.2) is 22.4 Å². The van der Waals surface area contributed by atoms with Crippen LogP contribution in [0.1, 0.15) is 34.1 Å². The van der Waals surface area contributed by atoms with E-state index in [9.17, 15) is 5.11 Å². The summed E-state index contributed by atoms with van der Waals surface area (Å²) in [4.78, 5) is 0. The zero-order chi connectivity index (χ0) is 9.07. The molecule has 0 amide bonds. The van der Waals surface area contributed by atoms with Crippen molar-refractivity contribution >= 4 is 0 Å². The lowest BCUT2D eigenvalue weighted by molar-refractivity contribution is -0.0465. The molecule has 2 atom stereocenters. The minimum absolute atomic E-state index is 0.00694. The molecule has 68 valence electrons. The van der Waals surface area contributed by atoms with Gasteiger partial charge in [0, 0.05) is 12.5 Å². The van der Waals surface area contributed by atoms with Crippen molar-refractivity contribution in [3.63, 3.8) is 0 Å². The summed E-state index contributed by atoms with van der Waals surface area (Å²) in [7, 11) is 0. The minimum Gasteiger partial charge on any atom is -0.396 e. The van der Waals surface area contributed by atoms with E-state index in [1.165, 1.54) is 0 Å². The molecule has 0 saturated carbocycles. The minimum atomic E-state index is -0.719. The van der Waals surface area contributed by atoms with Crippen LogP contribution in [0.25, 0.3) is 0 Å². The van der Waals surface area contributed by atoms with Gasteiger partial charge >= 0.3 is 0 Å². The Bertz CT molecular complexity index is 108. The molecule has 0 aliphatic carbocycles. The summed E-state index contributed by atoms with van der Waals surface area (Å²) >= 11 is 0. The molecule has 2 unspecified atom stereocenters. The van der Waals surface area contributed by atoms with Crippen LogP contribution >= 0.6 is 0 Å². The molecule has 0 aromatic carbocycles. The fourth-order valence-corrected chi connectivity index (χ4v) is 1.39. The lowest BCUT2D eigenvalue weighted by Crippen LogP contribution is -2.39. The van der Waals surface area contributed by atoms with E-state index in [4.69, 9.17) is 5.11 Å². The molecule has 0 aromatic heterocycles. The molecule has 2 nitrogen and oxygen atoms in total. The maximum atomic E-state index is 9.79. The first-order chi connectivity index (χ1) is 4.95. The fraction of sp³-hybridized carbons (Fsp3) is 1.00. The van der Waals surface area contributed by atoms with Gasteiger partial charge in [-0.25, -0.2) is 0 Å². The number of rotatable bonds is 4. The van der Waals surface area contributed by atoms with Gasteiger partial charge in [0.1, 0.15) is 0 Å². The lowest BCUT2D eigenvalue weighted by Gasteiger charge is -2.33. The lowest BCUT2D eigenvalue weighted by atomic mass is 9.80. The highest BCUT2D eigenvalue weighted by atomic mass is 16.3. The van der Waals surface area contributed by atoms with Gasteiger partial charge < -0.3 is 10.2 Å². The van der Waals surface area contributed by atoms with E-state index in [0.29, 0.717) is 12.3 Å². The maximum absolute atomic E-state index is 9.79. The first-order valence-electron chi connectivity index (χ1n) is 4.29. The molecule has 0 fully saturated rings. The van der Waals surface area contributed by atoms with Crippen molar-refractivity contribution in [2.24, 2.45) is 11.8 Å². The van der Waals surface area contributed by atoms with Gasteiger partial charge in [-0.2, -0.15) is 0 Å². The normalized spacial score (nSPS) is 19.9. The van der Waals surface area contributed by atoms with E-state index in [1.807, 2.05) is 20.8 Å². The number of hydrogen-bond acceptors (Lipinski definition) is 2. The van der Waals surface area contributed by atoms with Crippen molar-refractivity contribution in [3.8, 4) is 0 Å². The summed E-state index contributed by atoms with van der Waals surface area (Å²) in [5, 5.41) is 18.8. The van der Waals surface area contributed by atoms with Crippen LogP contribution in [0.15, 0.2) is 0 Å². The summed E-state index contributed by atoms with van der Waals surface area (Å²) in [6, 6.07) is 0. The number of aliphatic hydroxyl groups is 2. The van der Waals surface area contributed by atoms with E-state index in [1.54, 1.807) is 6.92 Å². The molecule has 0 aliphatic heterocycles. The standard InChI is InChI=1S/C9H20O2/c1-5-9(4,11)8(6-10)7(2)3/h7-8,10-11H,5-6H2,1-4H3. The van der Waals surface area contributed by atoms with E-state index in [0.717, 1.165) is 0 Å². The predicted molar refractivity (Wildman–Crippen MR) is 46.3 cm³/mol. The Morgan fingerprint density at radius 3 is 1.91 bits per heavy atom. The molecule has 0 heterocycles. The second kappa shape index (κ2) is 4.07. The molecule has 0 saturated heterocycles. The van der Waals surface area contributed by atoms with Crippen molar-refractivity contribution in [1.29, 1.82) is 0 Å².